The molecule has 0 amide bonds. The van der Waals surface area contributed by atoms with E-state index in [1.54, 1.807) is 6.92 Å². The highest BCUT2D eigenvalue weighted by atomic mass is 16.3. The van der Waals surface area contributed by atoms with Crippen LogP contribution in [0.2, 0.25) is 0 Å². The van der Waals surface area contributed by atoms with Gasteiger partial charge in [-0.05, 0) is 39.2 Å². The van der Waals surface area contributed by atoms with Crippen LogP contribution in [0.5, 0.6) is 0 Å². The number of pyridine rings is 1. The Labute approximate surface area is 97.1 Å². The topological polar surface area (TPSA) is 36.4 Å². The number of hydrogen-bond acceptors (Lipinski definition) is 3. The molecule has 0 unspecified atom stereocenters. The molecule has 1 atom stereocenters. The Kier molecular flexibility index (Phi) is 3.44. The summed E-state index contributed by atoms with van der Waals surface area (Å²) in [5, 5.41) is 9.55. The van der Waals surface area contributed by atoms with Gasteiger partial charge in [-0.2, -0.15) is 0 Å². The second kappa shape index (κ2) is 4.83. The molecule has 0 aliphatic carbocycles. The van der Waals surface area contributed by atoms with E-state index in [0.29, 0.717) is 0 Å². The van der Waals surface area contributed by atoms with Gasteiger partial charge >= 0.3 is 0 Å². The molecule has 1 aliphatic heterocycles. The Balaban J connectivity index is 2.19. The highest BCUT2D eigenvalue weighted by molar-refractivity contribution is 5.42. The van der Waals surface area contributed by atoms with Crippen molar-refractivity contribution in [3.05, 3.63) is 23.4 Å². The molecule has 2 heterocycles. The average molecular weight is 220 g/mol. The maximum atomic E-state index is 9.55. The summed E-state index contributed by atoms with van der Waals surface area (Å²) < 4.78 is 0. The summed E-state index contributed by atoms with van der Waals surface area (Å²) in [6, 6.07) is 4.03. The number of aliphatic hydroxyl groups is 1. The lowest BCUT2D eigenvalue weighted by Gasteiger charge is -2.28. The molecule has 1 aromatic rings. The van der Waals surface area contributed by atoms with E-state index in [9.17, 15) is 5.11 Å². The summed E-state index contributed by atoms with van der Waals surface area (Å²) in [6.45, 7) is 5.97. The molecule has 1 aliphatic rings. The standard InChI is InChI=1S/C13H20N2O/c1-10-12(11(2)16)6-7-13(14-10)15-8-4-3-5-9-15/h6-7,11,16H,3-5,8-9H2,1-2H3/t11-/m0/s1. The second-order valence-electron chi connectivity index (χ2n) is 4.57. The molecule has 2 rings (SSSR count). The lowest BCUT2D eigenvalue weighted by Crippen LogP contribution is -2.30. The number of aromatic nitrogens is 1. The van der Waals surface area contributed by atoms with Gasteiger partial charge in [0.2, 0.25) is 0 Å². The first-order valence-corrected chi connectivity index (χ1v) is 6.09. The molecule has 3 heteroatoms. The van der Waals surface area contributed by atoms with Gasteiger partial charge in [0.1, 0.15) is 5.82 Å². The number of anilines is 1. The predicted octanol–water partition coefficient (Wildman–Crippen LogP) is 2.43. The summed E-state index contributed by atoms with van der Waals surface area (Å²) in [5.41, 5.74) is 1.87. The predicted molar refractivity (Wildman–Crippen MR) is 65.7 cm³/mol. The van der Waals surface area contributed by atoms with Crippen molar-refractivity contribution in [3.8, 4) is 0 Å². The molecule has 1 aromatic heterocycles. The van der Waals surface area contributed by atoms with Crippen LogP contribution in [0.25, 0.3) is 0 Å². The van der Waals surface area contributed by atoms with Crippen LogP contribution in [0, 0.1) is 6.92 Å². The van der Waals surface area contributed by atoms with Crippen molar-refractivity contribution < 1.29 is 5.11 Å². The summed E-state index contributed by atoms with van der Waals surface area (Å²) in [5.74, 6) is 1.06. The van der Waals surface area contributed by atoms with Crippen LogP contribution in [0.4, 0.5) is 5.82 Å². The van der Waals surface area contributed by atoms with Crippen molar-refractivity contribution in [1.82, 2.24) is 4.98 Å². The first-order chi connectivity index (χ1) is 7.68. The van der Waals surface area contributed by atoms with E-state index in [-0.39, 0.29) is 0 Å². The minimum atomic E-state index is -0.428. The van der Waals surface area contributed by atoms with Crippen LogP contribution in [0.15, 0.2) is 12.1 Å². The van der Waals surface area contributed by atoms with Crippen LogP contribution < -0.4 is 4.90 Å². The minimum absolute atomic E-state index is 0.428. The molecule has 1 fully saturated rings. The van der Waals surface area contributed by atoms with Crippen molar-refractivity contribution in [1.29, 1.82) is 0 Å². The number of nitrogens with zero attached hydrogens (tertiary/aromatic N) is 2. The van der Waals surface area contributed by atoms with Crippen molar-refractivity contribution in [2.24, 2.45) is 0 Å². The second-order valence-corrected chi connectivity index (χ2v) is 4.57. The zero-order valence-electron chi connectivity index (χ0n) is 10.1. The van der Waals surface area contributed by atoms with E-state index in [0.717, 1.165) is 30.2 Å². The van der Waals surface area contributed by atoms with Crippen LogP contribution in [-0.2, 0) is 0 Å². The smallest absolute Gasteiger partial charge is 0.128 e. The van der Waals surface area contributed by atoms with Gasteiger partial charge in [-0.1, -0.05) is 6.07 Å². The maximum Gasteiger partial charge on any atom is 0.128 e. The van der Waals surface area contributed by atoms with E-state index >= 15 is 0 Å². The molecule has 0 radical (unpaired) electrons. The number of aliphatic hydroxyl groups excluding tert-OH is 1. The Hall–Kier alpha value is -1.09. The van der Waals surface area contributed by atoms with Gasteiger partial charge < -0.3 is 10.0 Å². The fourth-order valence-corrected chi connectivity index (χ4v) is 2.30. The molecule has 0 saturated carbocycles. The molecule has 1 saturated heterocycles. The van der Waals surface area contributed by atoms with E-state index in [4.69, 9.17) is 0 Å². The Morgan fingerprint density at radius 1 is 1.25 bits per heavy atom. The van der Waals surface area contributed by atoms with Gasteiger partial charge in [-0.25, -0.2) is 4.98 Å². The van der Waals surface area contributed by atoms with E-state index in [2.05, 4.69) is 9.88 Å². The van der Waals surface area contributed by atoms with Gasteiger partial charge in [0.25, 0.3) is 0 Å². The summed E-state index contributed by atoms with van der Waals surface area (Å²) >= 11 is 0. The van der Waals surface area contributed by atoms with Crippen LogP contribution in [0.3, 0.4) is 0 Å². The molecular formula is C13H20N2O. The normalized spacial score (nSPS) is 18.6. The fourth-order valence-electron chi connectivity index (χ4n) is 2.30. The zero-order chi connectivity index (χ0) is 11.5. The molecule has 0 bridgehead atoms. The molecule has 16 heavy (non-hydrogen) atoms. The van der Waals surface area contributed by atoms with Crippen LogP contribution in [0.1, 0.15) is 43.5 Å². The number of aryl methyl sites for hydroxylation is 1. The SMILES string of the molecule is Cc1nc(N2CCCCC2)ccc1[C@H](C)O. The molecule has 1 N–H and O–H groups in total. The molecular weight excluding hydrogens is 200 g/mol. The van der Waals surface area contributed by atoms with E-state index in [1.807, 2.05) is 19.1 Å². The number of rotatable bonds is 2. The Morgan fingerprint density at radius 3 is 2.50 bits per heavy atom. The highest BCUT2D eigenvalue weighted by Crippen LogP contribution is 2.22. The van der Waals surface area contributed by atoms with Gasteiger partial charge in [0.05, 0.1) is 6.10 Å². The quantitative estimate of drug-likeness (QED) is 0.831. The van der Waals surface area contributed by atoms with Crippen molar-refractivity contribution >= 4 is 5.82 Å². The minimum Gasteiger partial charge on any atom is -0.389 e. The summed E-state index contributed by atoms with van der Waals surface area (Å²) in [4.78, 5) is 6.92. The van der Waals surface area contributed by atoms with E-state index < -0.39 is 6.10 Å². The van der Waals surface area contributed by atoms with Gasteiger partial charge in [0, 0.05) is 24.3 Å². The van der Waals surface area contributed by atoms with Gasteiger partial charge in [-0.3, -0.25) is 0 Å². The van der Waals surface area contributed by atoms with Crippen molar-refractivity contribution in [3.63, 3.8) is 0 Å². The summed E-state index contributed by atoms with van der Waals surface area (Å²) in [7, 11) is 0. The third kappa shape index (κ3) is 2.35. The molecule has 0 aromatic carbocycles. The highest BCUT2D eigenvalue weighted by Gasteiger charge is 2.14. The first kappa shape index (κ1) is 11.4. The third-order valence-corrected chi connectivity index (χ3v) is 3.24. The lowest BCUT2D eigenvalue weighted by atomic mass is 10.1. The van der Waals surface area contributed by atoms with Crippen LogP contribution in [-0.4, -0.2) is 23.2 Å². The zero-order valence-corrected chi connectivity index (χ0v) is 10.1. The average Bonchev–Trinajstić information content (AvgIpc) is 2.29. The third-order valence-electron chi connectivity index (χ3n) is 3.24. The van der Waals surface area contributed by atoms with E-state index in [1.165, 1.54) is 19.3 Å². The number of piperidine rings is 1. The maximum absolute atomic E-state index is 9.55. The Morgan fingerprint density at radius 2 is 1.94 bits per heavy atom. The summed E-state index contributed by atoms with van der Waals surface area (Å²) in [6.07, 6.45) is 3.43. The molecule has 3 nitrogen and oxygen atoms in total. The van der Waals surface area contributed by atoms with Crippen LogP contribution >= 0.6 is 0 Å². The van der Waals surface area contributed by atoms with Crippen molar-refractivity contribution in [2.45, 2.75) is 39.2 Å². The van der Waals surface area contributed by atoms with Gasteiger partial charge in [-0.15, -0.1) is 0 Å². The Bertz CT molecular complexity index is 357. The monoisotopic (exact) mass is 220 g/mol. The van der Waals surface area contributed by atoms with Gasteiger partial charge in [0.15, 0.2) is 0 Å². The fraction of sp³-hybridized carbons (Fsp3) is 0.615. The van der Waals surface area contributed by atoms with Crippen molar-refractivity contribution in [2.75, 3.05) is 18.0 Å². The molecule has 0 spiro atoms. The first-order valence-electron chi connectivity index (χ1n) is 6.09. The molecule has 88 valence electrons. The lowest BCUT2D eigenvalue weighted by molar-refractivity contribution is 0.198. The largest absolute Gasteiger partial charge is 0.389 e. The number of hydrogen-bond donors (Lipinski definition) is 1.